The van der Waals surface area contributed by atoms with E-state index in [1.54, 1.807) is 4.90 Å². The van der Waals surface area contributed by atoms with E-state index in [4.69, 9.17) is 0 Å². The van der Waals surface area contributed by atoms with Crippen molar-refractivity contribution in [3.8, 4) is 0 Å². The Labute approximate surface area is 102 Å². The van der Waals surface area contributed by atoms with Crippen molar-refractivity contribution in [3.05, 3.63) is 17.5 Å². The van der Waals surface area contributed by atoms with Crippen LogP contribution in [0.25, 0.3) is 0 Å². The molecule has 1 heterocycles. The highest BCUT2D eigenvalue weighted by molar-refractivity contribution is 5.92. The second-order valence-corrected chi connectivity index (χ2v) is 4.68. The van der Waals surface area contributed by atoms with E-state index in [2.05, 4.69) is 10.4 Å². The van der Waals surface area contributed by atoms with Crippen LogP contribution in [0.1, 0.15) is 34.9 Å². The first kappa shape index (κ1) is 12.1. The van der Waals surface area contributed by atoms with Crippen LogP contribution in [0.5, 0.6) is 0 Å². The van der Waals surface area contributed by atoms with Gasteiger partial charge in [-0.2, -0.15) is 5.10 Å². The number of aromatic nitrogens is 2. The smallest absolute Gasteiger partial charge is 0.274 e. The Hall–Kier alpha value is -1.36. The zero-order valence-corrected chi connectivity index (χ0v) is 10.7. The van der Waals surface area contributed by atoms with Crippen LogP contribution in [0, 0.1) is 0 Å². The number of hydrogen-bond acceptors (Lipinski definition) is 3. The van der Waals surface area contributed by atoms with Crippen molar-refractivity contribution in [1.82, 2.24) is 20.0 Å². The van der Waals surface area contributed by atoms with Gasteiger partial charge in [-0.3, -0.25) is 9.48 Å². The van der Waals surface area contributed by atoms with Gasteiger partial charge in [0.05, 0.1) is 0 Å². The number of carbonyl (C=O) groups is 1. The molecule has 0 spiro atoms. The summed E-state index contributed by atoms with van der Waals surface area (Å²) >= 11 is 0. The van der Waals surface area contributed by atoms with Crippen LogP contribution in [0.15, 0.2) is 6.07 Å². The fraction of sp³-hybridized carbons (Fsp3) is 0.667. The van der Waals surface area contributed by atoms with E-state index in [0.717, 1.165) is 6.54 Å². The van der Waals surface area contributed by atoms with E-state index >= 15 is 0 Å². The Balaban J connectivity index is 2.05. The molecule has 1 fully saturated rings. The molecule has 0 radical (unpaired) electrons. The summed E-state index contributed by atoms with van der Waals surface area (Å²) in [6.07, 6.45) is 2.45. The monoisotopic (exact) mass is 236 g/mol. The van der Waals surface area contributed by atoms with E-state index in [-0.39, 0.29) is 5.91 Å². The van der Waals surface area contributed by atoms with Gasteiger partial charge in [-0.05, 0) is 26.0 Å². The van der Waals surface area contributed by atoms with Crippen molar-refractivity contribution < 1.29 is 4.79 Å². The molecule has 1 aromatic heterocycles. The minimum atomic E-state index is 0.00255. The van der Waals surface area contributed by atoms with Crippen molar-refractivity contribution in [2.24, 2.45) is 7.05 Å². The Kier molecular flexibility index (Phi) is 3.47. The summed E-state index contributed by atoms with van der Waals surface area (Å²) in [7, 11) is 5.60. The van der Waals surface area contributed by atoms with Gasteiger partial charge >= 0.3 is 0 Å². The summed E-state index contributed by atoms with van der Waals surface area (Å²) in [5.74, 6) is 0.624. The third kappa shape index (κ3) is 2.66. The van der Waals surface area contributed by atoms with Crippen LogP contribution >= 0.6 is 0 Å². The van der Waals surface area contributed by atoms with Crippen LogP contribution in [-0.2, 0) is 7.05 Å². The van der Waals surface area contributed by atoms with Gasteiger partial charge in [0.1, 0.15) is 0 Å². The van der Waals surface area contributed by atoms with E-state index in [9.17, 15) is 4.79 Å². The van der Waals surface area contributed by atoms with Crippen molar-refractivity contribution >= 4 is 5.91 Å². The highest BCUT2D eigenvalue weighted by Gasteiger charge is 2.28. The van der Waals surface area contributed by atoms with Crippen LogP contribution in [0.2, 0.25) is 0 Å². The SMILES string of the molecule is CNCCN(C)C(=O)c1cc(C2CC2)n(C)n1. The van der Waals surface area contributed by atoms with E-state index < -0.39 is 0 Å². The molecule has 94 valence electrons. The molecule has 0 atom stereocenters. The second kappa shape index (κ2) is 4.87. The summed E-state index contributed by atoms with van der Waals surface area (Å²) in [6, 6.07) is 1.94. The lowest BCUT2D eigenvalue weighted by Gasteiger charge is -2.14. The third-order valence-electron chi connectivity index (χ3n) is 3.17. The largest absolute Gasteiger partial charge is 0.339 e. The lowest BCUT2D eigenvalue weighted by molar-refractivity contribution is 0.0790. The van der Waals surface area contributed by atoms with Gasteiger partial charge in [-0.25, -0.2) is 0 Å². The Morgan fingerprint density at radius 1 is 1.65 bits per heavy atom. The minimum Gasteiger partial charge on any atom is -0.339 e. The van der Waals surface area contributed by atoms with Gasteiger partial charge in [0.25, 0.3) is 5.91 Å². The number of carbonyl (C=O) groups excluding carboxylic acids is 1. The van der Waals surface area contributed by atoms with Crippen molar-refractivity contribution in [3.63, 3.8) is 0 Å². The summed E-state index contributed by atoms with van der Waals surface area (Å²) in [5.41, 5.74) is 1.75. The molecular weight excluding hydrogens is 216 g/mol. The van der Waals surface area contributed by atoms with Gasteiger partial charge in [-0.1, -0.05) is 0 Å². The Morgan fingerprint density at radius 3 is 2.94 bits per heavy atom. The maximum atomic E-state index is 12.1. The van der Waals surface area contributed by atoms with Gasteiger partial charge in [0.15, 0.2) is 5.69 Å². The molecule has 1 aliphatic carbocycles. The molecule has 1 aromatic rings. The molecule has 5 heteroatoms. The maximum absolute atomic E-state index is 12.1. The number of hydrogen-bond donors (Lipinski definition) is 1. The fourth-order valence-corrected chi connectivity index (χ4v) is 1.92. The highest BCUT2D eigenvalue weighted by atomic mass is 16.2. The second-order valence-electron chi connectivity index (χ2n) is 4.68. The van der Waals surface area contributed by atoms with Gasteiger partial charge < -0.3 is 10.2 Å². The predicted octanol–water partition coefficient (Wildman–Crippen LogP) is 0.589. The maximum Gasteiger partial charge on any atom is 0.274 e. The molecule has 17 heavy (non-hydrogen) atoms. The summed E-state index contributed by atoms with van der Waals surface area (Å²) in [5, 5.41) is 7.34. The number of amides is 1. The molecule has 2 rings (SSSR count). The number of likely N-dealkylation sites (N-methyl/N-ethyl adjacent to an activating group) is 2. The predicted molar refractivity (Wildman–Crippen MR) is 66.1 cm³/mol. The van der Waals surface area contributed by atoms with Crippen LogP contribution in [0.3, 0.4) is 0 Å². The highest BCUT2D eigenvalue weighted by Crippen LogP contribution is 2.39. The Morgan fingerprint density at radius 2 is 2.35 bits per heavy atom. The molecule has 0 unspecified atom stereocenters. The number of nitrogens with one attached hydrogen (secondary N) is 1. The molecule has 5 nitrogen and oxygen atoms in total. The summed E-state index contributed by atoms with van der Waals surface area (Å²) in [4.78, 5) is 13.8. The van der Waals surface area contributed by atoms with Crippen molar-refractivity contribution in [2.45, 2.75) is 18.8 Å². The standard InChI is InChI=1S/C12H20N4O/c1-13-6-7-15(2)12(17)10-8-11(9-4-5-9)16(3)14-10/h8-9,13H,4-7H2,1-3H3. The summed E-state index contributed by atoms with van der Waals surface area (Å²) in [6.45, 7) is 1.50. The number of aryl methyl sites for hydroxylation is 1. The molecule has 0 saturated heterocycles. The first-order valence-corrected chi connectivity index (χ1v) is 6.07. The zero-order chi connectivity index (χ0) is 12.4. The normalized spacial score (nSPS) is 15.0. The van der Waals surface area contributed by atoms with Crippen LogP contribution in [0.4, 0.5) is 0 Å². The summed E-state index contributed by atoms with van der Waals surface area (Å²) < 4.78 is 1.84. The Bertz CT molecular complexity index is 409. The molecule has 1 amide bonds. The zero-order valence-electron chi connectivity index (χ0n) is 10.7. The van der Waals surface area contributed by atoms with Crippen LogP contribution < -0.4 is 5.32 Å². The van der Waals surface area contributed by atoms with Crippen molar-refractivity contribution in [2.75, 3.05) is 27.2 Å². The molecule has 0 bridgehead atoms. The molecule has 0 aromatic carbocycles. The topological polar surface area (TPSA) is 50.2 Å². The first-order chi connectivity index (χ1) is 8.13. The van der Waals surface area contributed by atoms with Gasteiger partial charge in [0, 0.05) is 38.8 Å². The minimum absolute atomic E-state index is 0.00255. The van der Waals surface area contributed by atoms with Gasteiger partial charge in [0.2, 0.25) is 0 Å². The van der Waals surface area contributed by atoms with Crippen molar-refractivity contribution in [1.29, 1.82) is 0 Å². The quantitative estimate of drug-likeness (QED) is 0.814. The fourth-order valence-electron chi connectivity index (χ4n) is 1.92. The molecular formula is C12H20N4O. The van der Waals surface area contributed by atoms with E-state index in [0.29, 0.717) is 18.2 Å². The average molecular weight is 236 g/mol. The molecule has 1 aliphatic rings. The number of nitrogens with zero attached hydrogens (tertiary/aromatic N) is 3. The lowest BCUT2D eigenvalue weighted by atomic mass is 10.2. The van der Waals surface area contributed by atoms with Crippen LogP contribution in [-0.4, -0.2) is 47.8 Å². The first-order valence-electron chi connectivity index (χ1n) is 6.07. The van der Waals surface area contributed by atoms with E-state index in [1.165, 1.54) is 18.5 Å². The molecule has 1 saturated carbocycles. The number of rotatable bonds is 5. The van der Waals surface area contributed by atoms with Gasteiger partial charge in [-0.15, -0.1) is 0 Å². The third-order valence-corrected chi connectivity index (χ3v) is 3.17. The molecule has 0 aliphatic heterocycles. The molecule has 1 N–H and O–H groups in total. The lowest BCUT2D eigenvalue weighted by Crippen LogP contribution is -2.33. The average Bonchev–Trinajstić information content (AvgIpc) is 3.08. The van der Waals surface area contributed by atoms with E-state index in [1.807, 2.05) is 31.9 Å².